The minimum atomic E-state index is -3.91. The number of carbonyl (C=O) groups is 2. The first-order valence-electron chi connectivity index (χ1n) is 9.09. The Kier molecular flexibility index (Phi) is 5.92. The molecule has 3 atom stereocenters. The van der Waals surface area contributed by atoms with E-state index in [1.54, 1.807) is 29.2 Å². The molecule has 154 valence electrons. The number of ether oxygens (including phenoxy) is 2. The largest absolute Gasteiger partial charge is 0.485 e. The van der Waals surface area contributed by atoms with Gasteiger partial charge in [0.15, 0.2) is 18.3 Å². The fourth-order valence-corrected chi connectivity index (χ4v) is 3.86. The molecule has 3 unspecified atom stereocenters. The Bertz CT molecular complexity index is 838. The molecular weight excluding hydrogens is 388 g/mol. The van der Waals surface area contributed by atoms with Crippen LogP contribution in [-0.4, -0.2) is 56.9 Å². The summed E-state index contributed by atoms with van der Waals surface area (Å²) < 4.78 is 40.6. The fourth-order valence-electron chi connectivity index (χ4n) is 3.11. The number of rotatable bonds is 7. The molecule has 2 N–H and O–H groups in total. The summed E-state index contributed by atoms with van der Waals surface area (Å²) in [4.78, 5) is 25.1. The van der Waals surface area contributed by atoms with Crippen molar-refractivity contribution in [3.8, 4) is 5.75 Å². The number of primary amides is 1. The molecule has 0 aliphatic carbocycles. The van der Waals surface area contributed by atoms with Crippen molar-refractivity contribution in [2.24, 2.45) is 5.73 Å². The fraction of sp³-hybridized carbons (Fsp3) is 0.556. The predicted octanol–water partition coefficient (Wildman–Crippen LogP) is 0.568. The van der Waals surface area contributed by atoms with Crippen molar-refractivity contribution >= 4 is 27.6 Å². The molecule has 2 saturated heterocycles. The number of hydrogen-bond donors (Lipinski definition) is 1. The highest BCUT2D eigenvalue weighted by Gasteiger charge is 2.46. The Hall–Kier alpha value is -2.17. The van der Waals surface area contributed by atoms with Crippen molar-refractivity contribution in [2.45, 2.75) is 50.3 Å². The minimum Gasteiger partial charge on any atom is -0.485 e. The number of benzene rings is 1. The normalized spacial score (nSPS) is 25.5. The van der Waals surface area contributed by atoms with Gasteiger partial charge in [-0.2, -0.15) is 8.42 Å². The van der Waals surface area contributed by atoms with Gasteiger partial charge in [0.05, 0.1) is 11.9 Å². The molecule has 2 aliphatic rings. The first-order chi connectivity index (χ1) is 13.2. The van der Waals surface area contributed by atoms with Gasteiger partial charge in [-0.1, -0.05) is 0 Å². The van der Waals surface area contributed by atoms with E-state index in [1.165, 1.54) is 13.8 Å². The maximum absolute atomic E-state index is 12.2. The van der Waals surface area contributed by atoms with Crippen LogP contribution in [0, 0.1) is 0 Å². The van der Waals surface area contributed by atoms with Gasteiger partial charge in [0, 0.05) is 18.7 Å². The van der Waals surface area contributed by atoms with E-state index in [4.69, 9.17) is 19.4 Å². The number of nitrogens with zero attached hydrogens (tertiary/aromatic N) is 1. The summed E-state index contributed by atoms with van der Waals surface area (Å²) in [5, 5.41) is -0.792. The van der Waals surface area contributed by atoms with Crippen molar-refractivity contribution in [1.82, 2.24) is 0 Å². The average Bonchev–Trinajstić information content (AvgIpc) is 3.22. The van der Waals surface area contributed by atoms with Gasteiger partial charge in [-0.15, -0.1) is 0 Å². The van der Waals surface area contributed by atoms with Crippen LogP contribution in [0.15, 0.2) is 24.3 Å². The lowest BCUT2D eigenvalue weighted by Crippen LogP contribution is -2.45. The molecule has 2 aliphatic heterocycles. The van der Waals surface area contributed by atoms with E-state index in [0.717, 1.165) is 12.1 Å². The molecular formula is C18H24N2O7S. The Morgan fingerprint density at radius 2 is 1.96 bits per heavy atom. The average molecular weight is 412 g/mol. The van der Waals surface area contributed by atoms with Gasteiger partial charge in [0.2, 0.25) is 11.8 Å². The van der Waals surface area contributed by atoms with Gasteiger partial charge in [0.1, 0.15) is 5.75 Å². The van der Waals surface area contributed by atoms with E-state index in [2.05, 4.69) is 0 Å². The van der Waals surface area contributed by atoms with Crippen LogP contribution in [0.4, 0.5) is 5.69 Å². The molecule has 28 heavy (non-hydrogen) atoms. The lowest BCUT2D eigenvalue weighted by atomic mass is 10.1. The van der Waals surface area contributed by atoms with Gasteiger partial charge in [-0.3, -0.25) is 13.8 Å². The van der Waals surface area contributed by atoms with E-state index in [-0.39, 0.29) is 12.5 Å². The molecule has 0 spiro atoms. The summed E-state index contributed by atoms with van der Waals surface area (Å²) in [7, 11) is -3.91. The van der Waals surface area contributed by atoms with Crippen LogP contribution >= 0.6 is 0 Å². The summed E-state index contributed by atoms with van der Waals surface area (Å²) in [6, 6.07) is 6.85. The number of nitrogens with two attached hydrogens (primary N) is 1. The molecule has 0 radical (unpaired) electrons. The minimum absolute atomic E-state index is 0.0434. The van der Waals surface area contributed by atoms with E-state index in [0.29, 0.717) is 18.7 Å². The third-order valence-corrected chi connectivity index (χ3v) is 6.36. The van der Waals surface area contributed by atoms with Crippen LogP contribution in [0.3, 0.4) is 0 Å². The summed E-state index contributed by atoms with van der Waals surface area (Å²) in [5.74, 6) is -0.308. The van der Waals surface area contributed by atoms with E-state index >= 15 is 0 Å². The van der Waals surface area contributed by atoms with Crippen molar-refractivity contribution < 1.29 is 31.7 Å². The maximum atomic E-state index is 12.2. The molecule has 3 rings (SSSR count). The lowest BCUT2D eigenvalue weighted by Gasteiger charge is -2.23. The van der Waals surface area contributed by atoms with Crippen molar-refractivity contribution in [2.75, 3.05) is 18.1 Å². The van der Waals surface area contributed by atoms with Crippen LogP contribution in [0.5, 0.6) is 5.75 Å². The van der Waals surface area contributed by atoms with E-state index in [1.807, 2.05) is 0 Å². The highest BCUT2D eigenvalue weighted by Crippen LogP contribution is 2.28. The van der Waals surface area contributed by atoms with Gasteiger partial charge in [0.25, 0.3) is 10.1 Å². The maximum Gasteiger partial charge on any atom is 0.270 e. The predicted molar refractivity (Wildman–Crippen MR) is 100 cm³/mol. The highest BCUT2D eigenvalue weighted by molar-refractivity contribution is 7.87. The first kappa shape index (κ1) is 20.6. The summed E-state index contributed by atoms with van der Waals surface area (Å²) in [6.07, 6.45) is -1.86. The van der Waals surface area contributed by atoms with Crippen molar-refractivity contribution in [1.29, 1.82) is 0 Å². The highest BCUT2D eigenvalue weighted by atomic mass is 32.2. The second-order valence-corrected chi connectivity index (χ2v) is 9.18. The Morgan fingerprint density at radius 3 is 2.50 bits per heavy atom. The van der Waals surface area contributed by atoms with Crippen molar-refractivity contribution in [3.63, 3.8) is 0 Å². The zero-order valence-electron chi connectivity index (χ0n) is 15.7. The van der Waals surface area contributed by atoms with Crippen LogP contribution in [0.25, 0.3) is 0 Å². The molecule has 9 nitrogen and oxygen atoms in total. The SMILES string of the molecule is CC(C)S(=O)(=O)OC1C(Oc2ccc(N3CCCC3=O)cc2)COC1C(N)=O. The second-order valence-electron chi connectivity index (χ2n) is 7.06. The molecule has 2 heterocycles. The molecule has 0 aromatic heterocycles. The number of anilines is 1. The van der Waals surface area contributed by atoms with Crippen LogP contribution in [-0.2, 0) is 28.6 Å². The number of amides is 2. The topological polar surface area (TPSA) is 125 Å². The molecule has 1 aromatic rings. The van der Waals surface area contributed by atoms with Crippen LogP contribution in [0.2, 0.25) is 0 Å². The molecule has 0 bridgehead atoms. The Balaban J connectivity index is 1.74. The monoisotopic (exact) mass is 412 g/mol. The summed E-state index contributed by atoms with van der Waals surface area (Å²) >= 11 is 0. The number of carbonyl (C=O) groups excluding carboxylic acids is 2. The van der Waals surface area contributed by atoms with E-state index < -0.39 is 39.6 Å². The van der Waals surface area contributed by atoms with E-state index in [9.17, 15) is 18.0 Å². The Labute approximate surface area is 163 Å². The molecule has 10 heteroatoms. The van der Waals surface area contributed by atoms with Gasteiger partial charge < -0.3 is 20.1 Å². The van der Waals surface area contributed by atoms with Crippen molar-refractivity contribution in [3.05, 3.63) is 24.3 Å². The standard InChI is InChI=1S/C18H24N2O7S/c1-11(2)28(23,24)27-16-14(10-25-17(16)18(19)22)26-13-7-5-12(6-8-13)20-9-3-4-15(20)21/h5-8,11,14,16-17H,3-4,9-10H2,1-2H3,(H2,19,22). The zero-order valence-corrected chi connectivity index (χ0v) is 16.6. The smallest absolute Gasteiger partial charge is 0.270 e. The lowest BCUT2D eigenvalue weighted by molar-refractivity contribution is -0.129. The number of hydrogen-bond acceptors (Lipinski definition) is 7. The molecule has 0 saturated carbocycles. The van der Waals surface area contributed by atoms with Gasteiger partial charge in [-0.25, -0.2) is 0 Å². The summed E-state index contributed by atoms with van der Waals surface area (Å²) in [6.45, 7) is 3.58. The molecule has 1 aromatic carbocycles. The molecule has 2 fully saturated rings. The Morgan fingerprint density at radius 1 is 1.29 bits per heavy atom. The summed E-state index contributed by atoms with van der Waals surface area (Å²) in [5.41, 5.74) is 6.08. The molecule has 2 amide bonds. The van der Waals surface area contributed by atoms with Gasteiger partial charge >= 0.3 is 0 Å². The quantitative estimate of drug-likeness (QED) is 0.649. The zero-order chi connectivity index (χ0) is 20.5. The van der Waals surface area contributed by atoms with Crippen LogP contribution < -0.4 is 15.4 Å². The second kappa shape index (κ2) is 8.06. The third kappa shape index (κ3) is 4.29. The van der Waals surface area contributed by atoms with Gasteiger partial charge in [-0.05, 0) is 44.5 Å². The first-order valence-corrected chi connectivity index (χ1v) is 10.6. The van der Waals surface area contributed by atoms with Crippen LogP contribution in [0.1, 0.15) is 26.7 Å². The third-order valence-electron chi connectivity index (χ3n) is 4.72.